The van der Waals surface area contributed by atoms with E-state index in [9.17, 15) is 0 Å². The topological polar surface area (TPSA) is 34.1 Å². The van der Waals surface area contributed by atoms with Gasteiger partial charge < -0.3 is 10.1 Å². The van der Waals surface area contributed by atoms with Crippen molar-refractivity contribution in [3.8, 4) is 16.3 Å². The summed E-state index contributed by atoms with van der Waals surface area (Å²) in [6.45, 7) is 0.984. The predicted molar refractivity (Wildman–Crippen MR) is 85.9 cm³/mol. The zero-order valence-electron chi connectivity index (χ0n) is 12.3. The number of hydrogen-bond donors (Lipinski definition) is 1. The molecule has 2 aliphatic carbocycles. The maximum atomic E-state index is 5.32. The van der Waals surface area contributed by atoms with Crippen LogP contribution in [0.5, 0.6) is 5.75 Å². The summed E-state index contributed by atoms with van der Waals surface area (Å²) >= 11 is 1.84. The average Bonchev–Trinajstić information content (AvgIpc) is 3.44. The molecule has 2 fully saturated rings. The molecule has 110 valence electrons. The normalized spacial score (nSPS) is 18.0. The van der Waals surface area contributed by atoms with Gasteiger partial charge in [0.15, 0.2) is 0 Å². The summed E-state index contributed by atoms with van der Waals surface area (Å²) in [4.78, 5) is 6.37. The molecular weight excluding hydrogens is 280 g/mol. The molecule has 2 aromatic rings. The van der Waals surface area contributed by atoms with Crippen LogP contribution in [0.15, 0.2) is 24.3 Å². The Labute approximate surface area is 129 Å². The van der Waals surface area contributed by atoms with E-state index in [-0.39, 0.29) is 0 Å². The molecular formula is C17H20N2OS. The van der Waals surface area contributed by atoms with Gasteiger partial charge in [0.25, 0.3) is 0 Å². The summed E-state index contributed by atoms with van der Waals surface area (Å²) in [5.74, 6) is 1.60. The molecule has 0 atom stereocenters. The summed E-state index contributed by atoms with van der Waals surface area (Å²) in [5.41, 5.74) is 2.50. The maximum Gasteiger partial charge on any atom is 0.124 e. The van der Waals surface area contributed by atoms with Crippen molar-refractivity contribution in [1.82, 2.24) is 10.3 Å². The number of rotatable bonds is 6. The second kappa shape index (κ2) is 5.43. The molecule has 1 aromatic heterocycles. The molecule has 2 aliphatic rings. The van der Waals surface area contributed by atoms with E-state index in [2.05, 4.69) is 17.4 Å². The summed E-state index contributed by atoms with van der Waals surface area (Å²) in [5, 5.41) is 4.76. The van der Waals surface area contributed by atoms with Crippen LogP contribution < -0.4 is 10.1 Å². The molecule has 0 unspecified atom stereocenters. The highest BCUT2D eigenvalue weighted by Crippen LogP contribution is 2.44. The zero-order chi connectivity index (χ0) is 14.2. The van der Waals surface area contributed by atoms with Crippen LogP contribution in [-0.4, -0.2) is 18.1 Å². The van der Waals surface area contributed by atoms with Gasteiger partial charge >= 0.3 is 0 Å². The minimum absolute atomic E-state index is 0.705. The van der Waals surface area contributed by atoms with Crippen LogP contribution in [0.2, 0.25) is 0 Å². The minimum atomic E-state index is 0.705. The molecule has 1 heterocycles. The lowest BCUT2D eigenvalue weighted by molar-refractivity contribution is 0.415. The third kappa shape index (κ3) is 2.97. The monoisotopic (exact) mass is 300 g/mol. The van der Waals surface area contributed by atoms with Crippen molar-refractivity contribution >= 4 is 11.3 Å². The van der Waals surface area contributed by atoms with Gasteiger partial charge in [-0.15, -0.1) is 11.3 Å². The Morgan fingerprint density at radius 2 is 2.14 bits per heavy atom. The first-order chi connectivity index (χ1) is 10.3. The molecule has 1 N–H and O–H groups in total. The van der Waals surface area contributed by atoms with Crippen LogP contribution in [0.1, 0.15) is 42.2 Å². The average molecular weight is 300 g/mol. The Bertz CT molecular complexity index is 644. The van der Waals surface area contributed by atoms with Crippen molar-refractivity contribution < 1.29 is 4.74 Å². The lowest BCUT2D eigenvalue weighted by atomic mass is 10.2. The fraction of sp³-hybridized carbons (Fsp3) is 0.471. The number of nitrogens with zero attached hydrogens (tertiary/aromatic N) is 1. The third-order valence-corrected chi connectivity index (χ3v) is 5.26. The van der Waals surface area contributed by atoms with Crippen molar-refractivity contribution in [3.63, 3.8) is 0 Å². The fourth-order valence-corrected chi connectivity index (χ4v) is 3.66. The van der Waals surface area contributed by atoms with Gasteiger partial charge in [0.1, 0.15) is 10.8 Å². The van der Waals surface area contributed by atoms with Crippen molar-refractivity contribution in [3.05, 3.63) is 34.8 Å². The molecule has 0 amide bonds. The number of ether oxygens (including phenoxy) is 1. The van der Waals surface area contributed by atoms with E-state index < -0.39 is 0 Å². The highest BCUT2D eigenvalue weighted by molar-refractivity contribution is 7.15. The number of nitrogens with one attached hydrogen (secondary N) is 1. The molecule has 4 heteroatoms. The first-order valence-corrected chi connectivity index (χ1v) is 8.52. The second-order valence-corrected chi connectivity index (χ2v) is 7.07. The molecule has 0 saturated heterocycles. The first kappa shape index (κ1) is 13.3. The Morgan fingerprint density at radius 1 is 1.29 bits per heavy atom. The molecule has 0 aliphatic heterocycles. The molecule has 2 saturated carbocycles. The van der Waals surface area contributed by atoms with Gasteiger partial charge in [0.2, 0.25) is 0 Å². The van der Waals surface area contributed by atoms with Crippen molar-refractivity contribution in [2.24, 2.45) is 0 Å². The number of hydrogen-bond acceptors (Lipinski definition) is 4. The van der Waals surface area contributed by atoms with E-state index >= 15 is 0 Å². The highest BCUT2D eigenvalue weighted by Gasteiger charge is 2.30. The first-order valence-electron chi connectivity index (χ1n) is 7.71. The summed E-state index contributed by atoms with van der Waals surface area (Å²) in [6.07, 6.45) is 5.27. The van der Waals surface area contributed by atoms with Crippen LogP contribution in [0, 0.1) is 0 Å². The quantitative estimate of drug-likeness (QED) is 0.877. The van der Waals surface area contributed by atoms with Gasteiger partial charge in [-0.2, -0.15) is 0 Å². The van der Waals surface area contributed by atoms with Crippen LogP contribution in [-0.2, 0) is 6.54 Å². The summed E-state index contributed by atoms with van der Waals surface area (Å²) in [7, 11) is 1.71. The Balaban J connectivity index is 1.62. The molecule has 0 radical (unpaired) electrons. The van der Waals surface area contributed by atoms with Crippen LogP contribution in [0.3, 0.4) is 0 Å². The molecule has 0 bridgehead atoms. The number of benzene rings is 1. The summed E-state index contributed by atoms with van der Waals surface area (Å²) < 4.78 is 5.32. The molecule has 4 rings (SSSR count). The largest absolute Gasteiger partial charge is 0.497 e. The van der Waals surface area contributed by atoms with Gasteiger partial charge in [0.05, 0.1) is 12.8 Å². The van der Waals surface area contributed by atoms with Crippen molar-refractivity contribution in [2.75, 3.05) is 7.11 Å². The third-order valence-electron chi connectivity index (χ3n) is 4.14. The second-order valence-electron chi connectivity index (χ2n) is 5.99. The Kier molecular flexibility index (Phi) is 3.43. The van der Waals surface area contributed by atoms with Gasteiger partial charge in [-0.05, 0) is 37.8 Å². The van der Waals surface area contributed by atoms with E-state index in [1.807, 2.05) is 23.5 Å². The maximum absolute atomic E-state index is 5.32. The van der Waals surface area contributed by atoms with E-state index in [1.54, 1.807) is 7.11 Å². The van der Waals surface area contributed by atoms with E-state index in [0.29, 0.717) is 5.92 Å². The van der Waals surface area contributed by atoms with Gasteiger partial charge in [0, 0.05) is 28.9 Å². The van der Waals surface area contributed by atoms with Crippen LogP contribution in [0.25, 0.3) is 10.6 Å². The van der Waals surface area contributed by atoms with Crippen molar-refractivity contribution in [2.45, 2.75) is 44.2 Å². The van der Waals surface area contributed by atoms with Crippen LogP contribution >= 0.6 is 11.3 Å². The highest BCUT2D eigenvalue weighted by atomic mass is 32.1. The van der Waals surface area contributed by atoms with Crippen LogP contribution in [0.4, 0.5) is 0 Å². The molecule has 21 heavy (non-hydrogen) atoms. The predicted octanol–water partition coefficient (Wildman–Crippen LogP) is 3.95. The van der Waals surface area contributed by atoms with Crippen molar-refractivity contribution in [1.29, 1.82) is 0 Å². The Morgan fingerprint density at radius 3 is 2.86 bits per heavy atom. The zero-order valence-corrected chi connectivity index (χ0v) is 13.1. The molecule has 1 aromatic carbocycles. The SMILES string of the molecule is COc1cccc(-c2nc(C3CC3)c(CNC3CC3)s2)c1. The fourth-order valence-electron chi connectivity index (χ4n) is 2.57. The number of thiazole rings is 1. The lowest BCUT2D eigenvalue weighted by Gasteiger charge is -2.01. The molecule has 3 nitrogen and oxygen atoms in total. The number of methoxy groups -OCH3 is 1. The van der Waals surface area contributed by atoms with Gasteiger partial charge in [-0.25, -0.2) is 4.98 Å². The standard InChI is InChI=1S/C17H20N2OS/c1-20-14-4-2-3-12(9-14)17-19-16(11-5-6-11)15(21-17)10-18-13-7-8-13/h2-4,9,11,13,18H,5-8,10H2,1H3. The van der Waals surface area contributed by atoms with Gasteiger partial charge in [-0.3, -0.25) is 0 Å². The lowest BCUT2D eigenvalue weighted by Crippen LogP contribution is -2.15. The van der Waals surface area contributed by atoms with E-state index in [4.69, 9.17) is 9.72 Å². The van der Waals surface area contributed by atoms with E-state index in [1.165, 1.54) is 41.8 Å². The van der Waals surface area contributed by atoms with E-state index in [0.717, 1.165) is 23.3 Å². The smallest absolute Gasteiger partial charge is 0.124 e. The Hall–Kier alpha value is -1.39. The van der Waals surface area contributed by atoms with Gasteiger partial charge in [-0.1, -0.05) is 12.1 Å². The minimum Gasteiger partial charge on any atom is -0.497 e. The summed E-state index contributed by atoms with van der Waals surface area (Å²) in [6, 6.07) is 8.96. The number of aromatic nitrogens is 1. The molecule has 0 spiro atoms.